The normalized spacial score (nSPS) is 11.5. The Morgan fingerprint density at radius 2 is 1.68 bits per heavy atom. The van der Waals surface area contributed by atoms with Crippen LogP contribution >= 0.6 is 12.4 Å². The predicted octanol–water partition coefficient (Wildman–Crippen LogP) is 5.31. The lowest BCUT2D eigenvalue weighted by Gasteiger charge is -2.08. The van der Waals surface area contributed by atoms with Gasteiger partial charge in [-0.05, 0) is 49.9 Å². The molecule has 2 rings (SSSR count). The van der Waals surface area contributed by atoms with E-state index in [0.29, 0.717) is 5.75 Å². The molecule has 1 aliphatic rings. The number of aryl methyl sites for hydroxylation is 2. The van der Waals surface area contributed by atoms with Gasteiger partial charge in [0.2, 0.25) is 0 Å². The maximum atomic E-state index is 9.70. The zero-order valence-corrected chi connectivity index (χ0v) is 15.1. The minimum atomic E-state index is 0. The first-order valence-corrected chi connectivity index (χ1v) is 8.30. The molecule has 1 aliphatic carbocycles. The minimum Gasteiger partial charge on any atom is -0.507 e. The number of aromatic hydroxyl groups is 1. The number of hydrogen-bond acceptors (Lipinski definition) is 2. The van der Waals surface area contributed by atoms with Gasteiger partial charge in [0.05, 0.1) is 0 Å². The molecular weight excluding hydrogens is 294 g/mol. The summed E-state index contributed by atoms with van der Waals surface area (Å²) in [5.74, 6) is 0.473. The van der Waals surface area contributed by atoms with Crippen LogP contribution < -0.4 is 5.73 Å². The number of nitrogens with two attached hydrogens (primary N) is 1. The number of benzene rings is 1. The van der Waals surface area contributed by atoms with Gasteiger partial charge in [-0.3, -0.25) is 0 Å². The van der Waals surface area contributed by atoms with E-state index in [-0.39, 0.29) is 12.4 Å². The van der Waals surface area contributed by atoms with Crippen LogP contribution in [0.5, 0.6) is 5.75 Å². The van der Waals surface area contributed by atoms with E-state index in [1.165, 1.54) is 49.7 Å². The second-order valence-corrected chi connectivity index (χ2v) is 5.91. The third-order valence-electron chi connectivity index (χ3n) is 4.01. The van der Waals surface area contributed by atoms with Crippen LogP contribution in [0.25, 0.3) is 6.08 Å². The third-order valence-corrected chi connectivity index (χ3v) is 4.01. The van der Waals surface area contributed by atoms with E-state index in [4.69, 9.17) is 5.73 Å². The number of rotatable bonds is 6. The molecule has 3 heteroatoms. The Morgan fingerprint density at radius 3 is 2.32 bits per heavy atom. The summed E-state index contributed by atoms with van der Waals surface area (Å²) in [5, 5.41) is 9.70. The molecule has 0 radical (unpaired) electrons. The first kappa shape index (κ1) is 21.0. The third kappa shape index (κ3) is 6.41. The molecule has 1 aromatic carbocycles. The highest BCUT2D eigenvalue weighted by Crippen LogP contribution is 2.33. The summed E-state index contributed by atoms with van der Waals surface area (Å²) in [5.41, 5.74) is 9.88. The Hall–Kier alpha value is -0.990. The van der Waals surface area contributed by atoms with Gasteiger partial charge >= 0.3 is 0 Å². The number of fused-ring (bicyclic) bond motifs is 1. The van der Waals surface area contributed by atoms with Crippen molar-refractivity contribution in [3.8, 4) is 5.75 Å². The van der Waals surface area contributed by atoms with E-state index in [1.54, 1.807) is 0 Å². The van der Waals surface area contributed by atoms with Gasteiger partial charge in [0.1, 0.15) is 5.75 Å². The number of hydrogen-bond donors (Lipinski definition) is 2. The lowest BCUT2D eigenvalue weighted by molar-refractivity contribution is 0.465. The van der Waals surface area contributed by atoms with Crippen molar-refractivity contribution in [2.45, 2.75) is 65.7 Å². The van der Waals surface area contributed by atoms with Crippen LogP contribution in [0.1, 0.15) is 67.7 Å². The Morgan fingerprint density at radius 1 is 1.05 bits per heavy atom. The second kappa shape index (κ2) is 11.6. The lowest BCUT2D eigenvalue weighted by Crippen LogP contribution is -1.97. The first-order valence-electron chi connectivity index (χ1n) is 8.30. The SMILES string of the molecule is CCCCCCCCN.Cc1cc(C)c2c(c1O)CC=C2.Cl. The molecule has 22 heavy (non-hydrogen) atoms. The van der Waals surface area contributed by atoms with Gasteiger partial charge in [-0.1, -0.05) is 57.2 Å². The summed E-state index contributed by atoms with van der Waals surface area (Å²) < 4.78 is 0. The summed E-state index contributed by atoms with van der Waals surface area (Å²) in [4.78, 5) is 0. The zero-order valence-electron chi connectivity index (χ0n) is 14.3. The van der Waals surface area contributed by atoms with E-state index in [1.807, 2.05) is 13.0 Å². The van der Waals surface area contributed by atoms with E-state index in [9.17, 15) is 5.11 Å². The molecule has 0 saturated carbocycles. The van der Waals surface area contributed by atoms with Crippen molar-refractivity contribution >= 4 is 18.5 Å². The molecule has 0 fully saturated rings. The van der Waals surface area contributed by atoms with Crippen molar-refractivity contribution < 1.29 is 5.11 Å². The maximum absolute atomic E-state index is 9.70. The first-order chi connectivity index (χ1) is 10.1. The molecule has 2 nitrogen and oxygen atoms in total. The predicted molar refractivity (Wildman–Crippen MR) is 100.0 cm³/mol. The fraction of sp³-hybridized carbons (Fsp3) is 0.579. The van der Waals surface area contributed by atoms with E-state index in [2.05, 4.69) is 26.0 Å². The molecular formula is C19H32ClNO. The number of allylic oxidation sites excluding steroid dienone is 1. The Labute approximate surface area is 142 Å². The van der Waals surface area contributed by atoms with Gasteiger partial charge in [-0.2, -0.15) is 0 Å². The molecule has 0 unspecified atom stereocenters. The van der Waals surface area contributed by atoms with Gasteiger partial charge in [0, 0.05) is 5.56 Å². The van der Waals surface area contributed by atoms with E-state index < -0.39 is 0 Å². The van der Waals surface area contributed by atoms with Crippen molar-refractivity contribution in [1.29, 1.82) is 0 Å². The van der Waals surface area contributed by atoms with Crippen LogP contribution in [0.15, 0.2) is 12.1 Å². The molecule has 0 atom stereocenters. The van der Waals surface area contributed by atoms with Crippen LogP contribution in [-0.4, -0.2) is 11.7 Å². The highest BCUT2D eigenvalue weighted by molar-refractivity contribution is 5.85. The highest BCUT2D eigenvalue weighted by atomic mass is 35.5. The molecule has 0 bridgehead atoms. The molecule has 1 aromatic rings. The van der Waals surface area contributed by atoms with Gasteiger partial charge < -0.3 is 10.8 Å². The lowest BCUT2D eigenvalue weighted by atomic mass is 10.00. The quantitative estimate of drug-likeness (QED) is 0.696. The molecule has 0 amide bonds. The number of unbranched alkanes of at least 4 members (excludes halogenated alkanes) is 5. The number of phenols is 1. The van der Waals surface area contributed by atoms with Crippen LogP contribution in [0.2, 0.25) is 0 Å². The minimum absolute atomic E-state index is 0. The van der Waals surface area contributed by atoms with E-state index >= 15 is 0 Å². The van der Waals surface area contributed by atoms with Crippen LogP contribution in [-0.2, 0) is 6.42 Å². The Balaban J connectivity index is 0.000000402. The number of phenolic OH excluding ortho intramolecular Hbond substituents is 1. The molecule has 0 saturated heterocycles. The topological polar surface area (TPSA) is 46.2 Å². The molecule has 126 valence electrons. The van der Waals surface area contributed by atoms with Crippen molar-refractivity contribution in [2.75, 3.05) is 6.54 Å². The van der Waals surface area contributed by atoms with Gasteiger partial charge in [0.25, 0.3) is 0 Å². The average molecular weight is 326 g/mol. The van der Waals surface area contributed by atoms with E-state index in [0.717, 1.165) is 24.1 Å². The molecule has 0 aliphatic heterocycles. The summed E-state index contributed by atoms with van der Waals surface area (Å²) >= 11 is 0. The second-order valence-electron chi connectivity index (χ2n) is 5.91. The van der Waals surface area contributed by atoms with Gasteiger partial charge in [0.15, 0.2) is 0 Å². The van der Waals surface area contributed by atoms with Crippen LogP contribution in [0.3, 0.4) is 0 Å². The highest BCUT2D eigenvalue weighted by Gasteiger charge is 2.13. The molecule has 0 spiro atoms. The molecule has 0 aromatic heterocycles. The van der Waals surface area contributed by atoms with Crippen molar-refractivity contribution in [3.05, 3.63) is 34.4 Å². The molecule has 3 N–H and O–H groups in total. The van der Waals surface area contributed by atoms with Crippen molar-refractivity contribution in [1.82, 2.24) is 0 Å². The fourth-order valence-electron chi connectivity index (χ4n) is 2.73. The van der Waals surface area contributed by atoms with Crippen molar-refractivity contribution in [3.63, 3.8) is 0 Å². The largest absolute Gasteiger partial charge is 0.507 e. The Bertz CT molecular complexity index is 463. The monoisotopic (exact) mass is 325 g/mol. The summed E-state index contributed by atoms with van der Waals surface area (Å²) in [6.45, 7) is 7.14. The average Bonchev–Trinajstić information content (AvgIpc) is 2.96. The summed E-state index contributed by atoms with van der Waals surface area (Å²) in [6, 6.07) is 2.03. The Kier molecular flexibility index (Phi) is 11.0. The van der Waals surface area contributed by atoms with Crippen LogP contribution in [0.4, 0.5) is 0 Å². The number of halogens is 1. The van der Waals surface area contributed by atoms with Crippen molar-refractivity contribution in [2.24, 2.45) is 5.73 Å². The molecule has 0 heterocycles. The van der Waals surface area contributed by atoms with Crippen LogP contribution in [0, 0.1) is 13.8 Å². The summed E-state index contributed by atoms with van der Waals surface area (Å²) in [6.07, 6.45) is 13.1. The van der Waals surface area contributed by atoms with Gasteiger partial charge in [-0.25, -0.2) is 0 Å². The zero-order chi connectivity index (χ0) is 15.7. The summed E-state index contributed by atoms with van der Waals surface area (Å²) in [7, 11) is 0. The van der Waals surface area contributed by atoms with Gasteiger partial charge in [-0.15, -0.1) is 12.4 Å². The fourth-order valence-corrected chi connectivity index (χ4v) is 2.73. The maximum Gasteiger partial charge on any atom is 0.122 e. The smallest absolute Gasteiger partial charge is 0.122 e. The standard InChI is InChI=1S/C11H12O.C8H19N.ClH/c1-7-6-8(2)11(12)10-5-3-4-9(7)10;1-2-3-4-5-6-7-8-9;/h3-4,6,12H,5H2,1-2H3;2-9H2,1H3;1H.